The average molecular weight is 547 g/mol. The van der Waals surface area contributed by atoms with Gasteiger partial charge >= 0.3 is 15.6 Å². The Kier molecular flexibility index (Phi) is 7.00. The van der Waals surface area contributed by atoms with Crippen LogP contribution in [0.2, 0.25) is 0 Å². The minimum Gasteiger partial charge on any atom is -0.199 e. The number of halogens is 3. The highest BCUT2D eigenvalue weighted by Crippen LogP contribution is 2.72. The molecule has 4 rings (SSSR count). The molecule has 0 saturated heterocycles. The van der Waals surface area contributed by atoms with Crippen LogP contribution in [0.25, 0.3) is 0 Å². The summed E-state index contributed by atoms with van der Waals surface area (Å²) in [6.07, 6.45) is 0. The molecule has 174 valence electrons. The van der Waals surface area contributed by atoms with Crippen LogP contribution in [0.4, 0.5) is 13.2 Å². The molecule has 0 N–H and O–H groups in total. The van der Waals surface area contributed by atoms with E-state index in [1.165, 1.54) is 23.1 Å². The Morgan fingerprint density at radius 2 is 1.27 bits per heavy atom. The van der Waals surface area contributed by atoms with E-state index in [2.05, 4.69) is 0 Å². The third kappa shape index (κ3) is 5.03. The molecule has 3 nitrogen and oxygen atoms in total. The molecule has 0 radical (unpaired) electrons. The first-order valence-corrected chi connectivity index (χ1v) is 14.8. The average Bonchev–Trinajstić information content (AvgIpc) is 3.42. The van der Waals surface area contributed by atoms with Gasteiger partial charge in [0.15, 0.2) is 0 Å². The summed E-state index contributed by atoms with van der Waals surface area (Å²) >= 11 is 4.32. The Morgan fingerprint density at radius 3 is 1.76 bits per heavy atom. The SMILES string of the molecule is Cc1ccc(Sc2ccc(S(OS(=O)(=O)C(F)(F)F)(c3ccccc3)c3ccccc3)s2)s1. The zero-order valence-corrected chi connectivity index (χ0v) is 21.1. The first kappa shape index (κ1) is 24.4. The fraction of sp³-hybridized carbons (Fsp3) is 0.0909. The molecule has 0 aliphatic rings. The van der Waals surface area contributed by atoms with Gasteiger partial charge in [0.25, 0.3) is 0 Å². The van der Waals surface area contributed by atoms with Crippen LogP contribution in [0.3, 0.4) is 0 Å². The summed E-state index contributed by atoms with van der Waals surface area (Å²) in [6.45, 7) is 1.99. The van der Waals surface area contributed by atoms with Gasteiger partial charge in [0.2, 0.25) is 0 Å². The van der Waals surface area contributed by atoms with E-state index < -0.39 is 25.9 Å². The highest BCUT2D eigenvalue weighted by molar-refractivity contribution is 8.34. The topological polar surface area (TPSA) is 43.4 Å². The maximum absolute atomic E-state index is 13.5. The van der Waals surface area contributed by atoms with Crippen molar-refractivity contribution in [2.24, 2.45) is 0 Å². The van der Waals surface area contributed by atoms with Crippen LogP contribution in [0, 0.1) is 6.92 Å². The summed E-state index contributed by atoms with van der Waals surface area (Å²) in [4.78, 5) is 1.85. The molecule has 0 spiro atoms. The van der Waals surface area contributed by atoms with E-state index in [4.69, 9.17) is 3.63 Å². The van der Waals surface area contributed by atoms with Gasteiger partial charge in [-0.15, -0.1) is 22.7 Å². The van der Waals surface area contributed by atoms with Crippen molar-refractivity contribution in [3.05, 3.63) is 89.8 Å². The molecule has 0 amide bonds. The Hall–Kier alpha value is -1.76. The number of benzene rings is 2. The van der Waals surface area contributed by atoms with Gasteiger partial charge < -0.3 is 0 Å². The van der Waals surface area contributed by atoms with E-state index in [0.29, 0.717) is 14.0 Å². The van der Waals surface area contributed by atoms with Crippen LogP contribution in [-0.4, -0.2) is 13.9 Å². The Labute approximate surface area is 203 Å². The molecule has 0 unspecified atom stereocenters. The van der Waals surface area contributed by atoms with Crippen molar-refractivity contribution < 1.29 is 25.2 Å². The molecule has 0 fully saturated rings. The van der Waals surface area contributed by atoms with E-state index in [9.17, 15) is 21.6 Å². The fourth-order valence-electron chi connectivity index (χ4n) is 2.96. The third-order valence-corrected chi connectivity index (χ3v) is 13.2. The summed E-state index contributed by atoms with van der Waals surface area (Å²) < 4.78 is 72.8. The lowest BCUT2D eigenvalue weighted by molar-refractivity contribution is -0.0496. The number of hydrogen-bond acceptors (Lipinski definition) is 6. The van der Waals surface area contributed by atoms with Crippen molar-refractivity contribution in [2.75, 3.05) is 0 Å². The minimum absolute atomic E-state index is 0.356. The quantitative estimate of drug-likeness (QED) is 0.219. The second-order valence-corrected chi connectivity index (χ2v) is 15.3. The molecule has 11 heteroatoms. The molecule has 2 aromatic carbocycles. The second-order valence-electron chi connectivity index (χ2n) is 6.69. The van der Waals surface area contributed by atoms with E-state index in [0.717, 1.165) is 13.3 Å². The van der Waals surface area contributed by atoms with E-state index in [1.54, 1.807) is 84.1 Å². The zero-order valence-electron chi connectivity index (χ0n) is 17.0. The molecular formula is C22H17F3O3S5. The van der Waals surface area contributed by atoms with Gasteiger partial charge in [-0.25, -0.2) is 0 Å². The Bertz CT molecular complexity index is 1290. The van der Waals surface area contributed by atoms with Crippen molar-refractivity contribution in [1.29, 1.82) is 0 Å². The minimum atomic E-state index is -5.91. The lowest BCUT2D eigenvalue weighted by atomic mass is 10.4. The Morgan fingerprint density at radius 1 is 0.758 bits per heavy atom. The first-order chi connectivity index (χ1) is 15.6. The number of thiophene rings is 2. The number of rotatable bonds is 7. The first-order valence-electron chi connectivity index (χ1n) is 9.42. The van der Waals surface area contributed by atoms with Crippen LogP contribution in [-0.2, 0) is 13.7 Å². The normalized spacial score (nSPS) is 13.2. The lowest BCUT2D eigenvalue weighted by Gasteiger charge is -2.38. The molecule has 33 heavy (non-hydrogen) atoms. The number of hydrogen-bond donors (Lipinski definition) is 0. The van der Waals surface area contributed by atoms with E-state index in [1.807, 2.05) is 19.1 Å². The summed E-state index contributed by atoms with van der Waals surface area (Å²) in [5.41, 5.74) is -5.56. The molecule has 2 heterocycles. The van der Waals surface area contributed by atoms with Crippen molar-refractivity contribution in [1.82, 2.24) is 0 Å². The van der Waals surface area contributed by atoms with Gasteiger partial charge in [0, 0.05) is 14.7 Å². The molecule has 0 atom stereocenters. The van der Waals surface area contributed by atoms with Gasteiger partial charge in [-0.3, -0.25) is 0 Å². The summed E-state index contributed by atoms with van der Waals surface area (Å²) in [5.74, 6) is 0. The largest absolute Gasteiger partial charge is 0.524 e. The van der Waals surface area contributed by atoms with Gasteiger partial charge in [-0.2, -0.15) is 25.2 Å². The van der Waals surface area contributed by atoms with Crippen molar-refractivity contribution in [3.63, 3.8) is 0 Å². The molecule has 0 bridgehead atoms. The molecule has 4 aromatic rings. The lowest BCUT2D eigenvalue weighted by Crippen LogP contribution is -2.27. The third-order valence-electron chi connectivity index (χ3n) is 4.38. The predicted molar refractivity (Wildman–Crippen MR) is 129 cm³/mol. The predicted octanol–water partition coefficient (Wildman–Crippen LogP) is 8.33. The maximum Gasteiger partial charge on any atom is 0.524 e. The van der Waals surface area contributed by atoms with E-state index >= 15 is 0 Å². The van der Waals surface area contributed by atoms with Gasteiger partial charge in [0.05, 0.1) is 12.6 Å². The summed E-state index contributed by atoms with van der Waals surface area (Å²) in [6, 6.07) is 23.9. The monoisotopic (exact) mass is 546 g/mol. The molecule has 0 saturated carbocycles. The number of aryl methyl sites for hydroxylation is 1. The summed E-state index contributed by atoms with van der Waals surface area (Å²) in [5, 5.41) is 0. The van der Waals surface area contributed by atoms with Crippen molar-refractivity contribution in [3.8, 4) is 0 Å². The smallest absolute Gasteiger partial charge is 0.199 e. The maximum atomic E-state index is 13.5. The van der Waals surface area contributed by atoms with Crippen LogP contribution in [0.1, 0.15) is 4.88 Å². The van der Waals surface area contributed by atoms with E-state index in [-0.39, 0.29) is 0 Å². The van der Waals surface area contributed by atoms with Crippen LogP contribution < -0.4 is 0 Å². The zero-order chi connectivity index (χ0) is 23.7. The van der Waals surface area contributed by atoms with Gasteiger partial charge in [-0.05, 0) is 65.8 Å². The summed E-state index contributed by atoms with van der Waals surface area (Å²) in [7, 11) is -9.15. The van der Waals surface area contributed by atoms with Crippen LogP contribution in [0.15, 0.2) is 107 Å². The highest BCUT2D eigenvalue weighted by Gasteiger charge is 2.52. The second kappa shape index (κ2) is 9.47. The fourth-order valence-corrected chi connectivity index (χ4v) is 12.3. The van der Waals surface area contributed by atoms with Gasteiger partial charge in [-0.1, -0.05) is 48.2 Å². The molecule has 2 aromatic heterocycles. The molecular weight excluding hydrogens is 530 g/mol. The number of alkyl halides is 3. The molecule has 0 aliphatic carbocycles. The Balaban J connectivity index is 1.92. The van der Waals surface area contributed by atoms with Gasteiger partial charge in [0.1, 0.15) is 0 Å². The molecule has 0 aliphatic heterocycles. The van der Waals surface area contributed by atoms with Crippen molar-refractivity contribution >= 4 is 54.9 Å². The highest BCUT2D eigenvalue weighted by atomic mass is 32.3. The standard InChI is InChI=1S/C22H17F3O3S5/c1-16-12-13-19(29-16)30-20-14-15-21(31-20)32(17-8-4-2-5-9-17,18-10-6-3-7-11-18)28-33(26,27)22(23,24)25/h2-15H,1H3. The van der Waals surface area contributed by atoms with Crippen LogP contribution >= 0.6 is 44.7 Å². The van der Waals surface area contributed by atoms with Crippen molar-refractivity contribution in [2.45, 2.75) is 34.9 Å². The van der Waals surface area contributed by atoms with Crippen LogP contribution in [0.5, 0.6) is 0 Å².